The topological polar surface area (TPSA) is 120 Å². The van der Waals surface area contributed by atoms with Gasteiger partial charge in [-0.05, 0) is 161 Å². The van der Waals surface area contributed by atoms with Gasteiger partial charge in [-0.25, -0.2) is 0 Å². The molecule has 10 aromatic rings. The second-order valence-electron chi connectivity index (χ2n) is 19.7. The molecule has 0 saturated carbocycles. The highest BCUT2D eigenvalue weighted by Gasteiger charge is 2.23. The first kappa shape index (κ1) is 59.4. The van der Waals surface area contributed by atoms with Crippen LogP contribution in [0, 0.1) is 0 Å². The maximum absolute atomic E-state index is 5.80. The third-order valence-corrected chi connectivity index (χ3v) is 15.1. The number of benzene rings is 10. The number of ether oxygens (including phenoxy) is 12. The summed E-state index contributed by atoms with van der Waals surface area (Å²) in [4.78, 5) is 6.41. The van der Waals surface area contributed by atoms with E-state index in [1.54, 1.807) is 85.3 Å². The molecule has 0 aliphatic rings. The van der Waals surface area contributed by atoms with Gasteiger partial charge >= 0.3 is 0 Å². The normalized spacial score (nSPS) is 10.8. The molecule has 0 bridgehead atoms. The van der Waals surface area contributed by atoms with Crippen molar-refractivity contribution in [2.45, 2.75) is 0 Å². The average Bonchev–Trinajstić information content (AvgIpc) is 3.52. The van der Waals surface area contributed by atoms with Crippen LogP contribution < -0.4 is 71.5 Å². The molecule has 444 valence electrons. The molecule has 15 heteroatoms. The molecule has 0 aliphatic carbocycles. The molecular formula is C72H69N3O12. The van der Waals surface area contributed by atoms with E-state index in [-0.39, 0.29) is 0 Å². The molecule has 0 fully saturated rings. The monoisotopic (exact) mass is 1170 g/mol. The molecule has 10 rings (SSSR count). The Morgan fingerprint density at radius 3 is 0.448 bits per heavy atom. The number of anilines is 9. The lowest BCUT2D eigenvalue weighted by Crippen LogP contribution is -2.11. The molecule has 0 N–H and O–H groups in total. The molecule has 0 aliphatic heterocycles. The minimum absolute atomic E-state index is 0.590. The predicted octanol–water partition coefficient (Wildman–Crippen LogP) is 17.2. The van der Waals surface area contributed by atoms with Crippen molar-refractivity contribution in [3.63, 3.8) is 0 Å². The summed E-state index contributed by atoms with van der Waals surface area (Å²) in [5, 5.41) is 0. The number of rotatable bonds is 24. The van der Waals surface area contributed by atoms with E-state index in [2.05, 4.69) is 106 Å². The standard InChI is InChI=1S/C72H69N3O12/c1-76-61-31-25-55(40-67(61)82-7)73(56-26-32-62(77-2)68(41-56)83-8)52-19-13-46(14-20-52)49-37-50(47-15-21-53(22-16-47)74(57-27-33-63(78-3)69(42-57)84-9)58-28-34-64(79-4)70(43-58)85-10)39-51(38-49)48-17-23-54(24-18-48)75(59-29-35-65(80-5)71(44-59)86-11)60-30-36-66(81-6)72(45-60)87-12/h13-45H,1-12H3. The lowest BCUT2D eigenvalue weighted by molar-refractivity contribution is 0.355. The summed E-state index contributed by atoms with van der Waals surface area (Å²) in [5.41, 5.74) is 13.7. The number of nitrogens with zero attached hydrogens (tertiary/aromatic N) is 3. The third-order valence-electron chi connectivity index (χ3n) is 15.1. The van der Waals surface area contributed by atoms with Crippen molar-refractivity contribution in [1.29, 1.82) is 0 Å². The molecule has 0 heterocycles. The zero-order chi connectivity index (χ0) is 61.1. The highest BCUT2D eigenvalue weighted by molar-refractivity contribution is 5.87. The second kappa shape index (κ2) is 26.8. The first-order valence-corrected chi connectivity index (χ1v) is 27.7. The van der Waals surface area contributed by atoms with Crippen molar-refractivity contribution in [1.82, 2.24) is 0 Å². The Balaban J connectivity index is 1.11. The van der Waals surface area contributed by atoms with Gasteiger partial charge < -0.3 is 71.5 Å². The van der Waals surface area contributed by atoms with E-state index in [1.165, 1.54) is 0 Å². The highest BCUT2D eigenvalue weighted by atomic mass is 16.5. The Labute approximate surface area is 508 Å². The summed E-state index contributed by atoms with van der Waals surface area (Å²) in [7, 11) is 19.5. The van der Waals surface area contributed by atoms with Gasteiger partial charge in [-0.1, -0.05) is 36.4 Å². The van der Waals surface area contributed by atoms with Crippen molar-refractivity contribution in [3.05, 3.63) is 200 Å². The van der Waals surface area contributed by atoms with Gasteiger partial charge in [0.15, 0.2) is 69.0 Å². The van der Waals surface area contributed by atoms with Crippen molar-refractivity contribution in [2.75, 3.05) is 100 Å². The largest absolute Gasteiger partial charge is 0.493 e. The van der Waals surface area contributed by atoms with Crippen LogP contribution in [0.5, 0.6) is 69.0 Å². The van der Waals surface area contributed by atoms with Gasteiger partial charge in [0.05, 0.1) is 119 Å². The Hall–Kier alpha value is -10.8. The number of hydrogen-bond donors (Lipinski definition) is 0. The summed E-state index contributed by atoms with van der Waals surface area (Å²) >= 11 is 0. The van der Waals surface area contributed by atoms with Crippen LogP contribution in [0.1, 0.15) is 0 Å². The van der Waals surface area contributed by atoms with E-state index in [4.69, 9.17) is 56.8 Å². The summed E-state index contributed by atoms with van der Waals surface area (Å²) in [6.07, 6.45) is 0. The number of hydrogen-bond acceptors (Lipinski definition) is 15. The molecular weight excluding hydrogens is 1100 g/mol. The SMILES string of the molecule is COc1ccc(N(c2ccc(-c3cc(-c4ccc(N(c5ccc(OC)c(OC)c5)c5ccc(OC)c(OC)c5)cc4)cc(-c4ccc(N(c5ccc(OC)c(OC)c5)c5ccc(OC)c(OC)c5)cc4)c3)cc2)c2ccc(OC)c(OC)c2)cc1OC. The van der Waals surface area contributed by atoms with E-state index in [0.29, 0.717) is 69.0 Å². The van der Waals surface area contributed by atoms with Gasteiger partial charge in [-0.2, -0.15) is 0 Å². The van der Waals surface area contributed by atoms with Crippen LogP contribution in [0.15, 0.2) is 200 Å². The maximum atomic E-state index is 5.80. The van der Waals surface area contributed by atoms with E-state index in [0.717, 1.165) is 84.6 Å². The van der Waals surface area contributed by atoms with Crippen LogP contribution in [-0.2, 0) is 0 Å². The van der Waals surface area contributed by atoms with E-state index in [1.807, 2.05) is 109 Å². The lowest BCUT2D eigenvalue weighted by Gasteiger charge is -2.27. The van der Waals surface area contributed by atoms with Crippen molar-refractivity contribution >= 4 is 51.2 Å². The molecule has 0 atom stereocenters. The van der Waals surface area contributed by atoms with Crippen molar-refractivity contribution < 1.29 is 56.8 Å². The van der Waals surface area contributed by atoms with E-state index in [9.17, 15) is 0 Å². The molecule has 0 amide bonds. The van der Waals surface area contributed by atoms with Crippen LogP contribution >= 0.6 is 0 Å². The third kappa shape index (κ3) is 12.3. The fourth-order valence-electron chi connectivity index (χ4n) is 10.7. The smallest absolute Gasteiger partial charge is 0.162 e. The average molecular weight is 1170 g/mol. The summed E-state index contributed by atoms with van der Waals surface area (Å²) in [6.45, 7) is 0. The number of methoxy groups -OCH3 is 12. The summed E-state index contributed by atoms with van der Waals surface area (Å²) < 4.78 is 68.7. The quantitative estimate of drug-likeness (QED) is 0.0570. The van der Waals surface area contributed by atoms with Crippen LogP contribution in [0.2, 0.25) is 0 Å². The molecule has 0 unspecified atom stereocenters. The molecule has 15 nitrogen and oxygen atoms in total. The Morgan fingerprint density at radius 1 is 0.149 bits per heavy atom. The molecule has 0 aromatic heterocycles. The first-order valence-electron chi connectivity index (χ1n) is 27.7. The zero-order valence-electron chi connectivity index (χ0n) is 50.8. The van der Waals surface area contributed by atoms with Gasteiger partial charge in [0, 0.05) is 53.5 Å². The summed E-state index contributed by atoms with van der Waals surface area (Å²) in [6, 6.07) is 67.4. The molecule has 87 heavy (non-hydrogen) atoms. The Kier molecular flexibility index (Phi) is 18.3. The van der Waals surface area contributed by atoms with E-state index < -0.39 is 0 Å². The Morgan fingerprint density at radius 2 is 0.299 bits per heavy atom. The Bertz CT molecular complexity index is 3420. The lowest BCUT2D eigenvalue weighted by atomic mass is 9.93. The van der Waals surface area contributed by atoms with Crippen LogP contribution in [0.3, 0.4) is 0 Å². The highest BCUT2D eigenvalue weighted by Crippen LogP contribution is 2.47. The fourth-order valence-corrected chi connectivity index (χ4v) is 10.7. The van der Waals surface area contributed by atoms with E-state index >= 15 is 0 Å². The van der Waals surface area contributed by atoms with Gasteiger partial charge in [-0.15, -0.1) is 0 Å². The van der Waals surface area contributed by atoms with Gasteiger partial charge in [-0.3, -0.25) is 0 Å². The molecule has 10 aromatic carbocycles. The van der Waals surface area contributed by atoms with Crippen LogP contribution in [0.25, 0.3) is 33.4 Å². The van der Waals surface area contributed by atoms with Gasteiger partial charge in [0.1, 0.15) is 0 Å². The first-order chi connectivity index (χ1) is 42.5. The zero-order valence-corrected chi connectivity index (χ0v) is 50.8. The summed E-state index contributed by atoms with van der Waals surface area (Å²) in [5.74, 6) is 7.23. The molecule has 0 spiro atoms. The second-order valence-corrected chi connectivity index (χ2v) is 19.7. The molecule has 0 radical (unpaired) electrons. The van der Waals surface area contributed by atoms with Crippen LogP contribution in [0.4, 0.5) is 51.2 Å². The van der Waals surface area contributed by atoms with Crippen molar-refractivity contribution in [3.8, 4) is 102 Å². The maximum Gasteiger partial charge on any atom is 0.162 e. The van der Waals surface area contributed by atoms with Gasteiger partial charge in [0.25, 0.3) is 0 Å². The predicted molar refractivity (Wildman–Crippen MR) is 345 cm³/mol. The fraction of sp³-hybridized carbons (Fsp3) is 0.167. The van der Waals surface area contributed by atoms with Gasteiger partial charge in [0.2, 0.25) is 0 Å². The minimum atomic E-state index is 0.590. The molecule has 0 saturated heterocycles. The minimum Gasteiger partial charge on any atom is -0.493 e. The van der Waals surface area contributed by atoms with Crippen molar-refractivity contribution in [2.24, 2.45) is 0 Å². The van der Waals surface area contributed by atoms with Crippen LogP contribution in [-0.4, -0.2) is 85.3 Å².